The molecule has 1 aliphatic rings. The van der Waals surface area contributed by atoms with Crippen molar-refractivity contribution in [1.29, 1.82) is 0 Å². The molecule has 2 amide bonds. The van der Waals surface area contributed by atoms with Crippen molar-refractivity contribution >= 4 is 28.5 Å². The van der Waals surface area contributed by atoms with Crippen molar-refractivity contribution in [2.24, 2.45) is 0 Å². The minimum Gasteiger partial charge on any atom is -0.454 e. The Kier molecular flexibility index (Phi) is 4.37. The van der Waals surface area contributed by atoms with Crippen LogP contribution in [0.5, 0.6) is 11.5 Å². The molecule has 1 aliphatic heterocycles. The SMILES string of the molecule is CC(=O)NCc1nc2ccccc2n1CC(=O)Nc1ccc2c(c1)OCO2. The highest BCUT2D eigenvalue weighted by atomic mass is 16.7. The van der Waals surface area contributed by atoms with Crippen LogP contribution >= 0.6 is 0 Å². The molecule has 8 heteroatoms. The average Bonchev–Trinajstić information content (AvgIpc) is 3.24. The van der Waals surface area contributed by atoms with Crippen LogP contribution in [-0.2, 0) is 22.7 Å². The van der Waals surface area contributed by atoms with Gasteiger partial charge in [-0.15, -0.1) is 0 Å². The standard InChI is InChI=1S/C19H18N4O4/c1-12(24)20-9-18-22-14-4-2-3-5-15(14)23(18)10-19(25)21-13-6-7-16-17(8-13)27-11-26-16/h2-8H,9-11H2,1H3,(H,20,24)(H,21,25). The summed E-state index contributed by atoms with van der Waals surface area (Å²) in [4.78, 5) is 28.4. The average molecular weight is 366 g/mol. The summed E-state index contributed by atoms with van der Waals surface area (Å²) in [5.41, 5.74) is 2.23. The van der Waals surface area contributed by atoms with E-state index < -0.39 is 0 Å². The highest BCUT2D eigenvalue weighted by molar-refractivity contribution is 5.92. The van der Waals surface area contributed by atoms with Crippen molar-refractivity contribution in [1.82, 2.24) is 14.9 Å². The van der Waals surface area contributed by atoms with Gasteiger partial charge in [0.15, 0.2) is 11.5 Å². The zero-order chi connectivity index (χ0) is 18.8. The molecule has 138 valence electrons. The second-order valence-electron chi connectivity index (χ2n) is 6.13. The molecule has 0 saturated heterocycles. The smallest absolute Gasteiger partial charge is 0.244 e. The van der Waals surface area contributed by atoms with Crippen molar-refractivity contribution in [2.75, 3.05) is 12.1 Å². The van der Waals surface area contributed by atoms with Crippen molar-refractivity contribution < 1.29 is 19.1 Å². The Bertz CT molecular complexity index is 1030. The number of carbonyl (C=O) groups is 2. The third kappa shape index (κ3) is 3.55. The summed E-state index contributed by atoms with van der Waals surface area (Å²) in [5.74, 6) is 1.52. The van der Waals surface area contributed by atoms with Gasteiger partial charge in [-0.05, 0) is 24.3 Å². The molecule has 2 aromatic carbocycles. The third-order valence-corrected chi connectivity index (χ3v) is 4.19. The molecule has 4 rings (SSSR count). The first-order chi connectivity index (χ1) is 13.1. The van der Waals surface area contributed by atoms with E-state index in [4.69, 9.17) is 9.47 Å². The number of nitrogens with one attached hydrogen (secondary N) is 2. The van der Waals surface area contributed by atoms with E-state index in [9.17, 15) is 9.59 Å². The number of benzene rings is 2. The fourth-order valence-electron chi connectivity index (χ4n) is 2.96. The summed E-state index contributed by atoms with van der Waals surface area (Å²) in [6.45, 7) is 1.95. The summed E-state index contributed by atoms with van der Waals surface area (Å²) >= 11 is 0. The van der Waals surface area contributed by atoms with Crippen LogP contribution in [0.1, 0.15) is 12.7 Å². The molecule has 0 spiro atoms. The minimum absolute atomic E-state index is 0.0733. The first-order valence-corrected chi connectivity index (χ1v) is 8.48. The van der Waals surface area contributed by atoms with E-state index in [1.54, 1.807) is 22.8 Å². The number of aromatic nitrogens is 2. The van der Waals surface area contributed by atoms with E-state index in [2.05, 4.69) is 15.6 Å². The van der Waals surface area contributed by atoms with Gasteiger partial charge in [0.25, 0.3) is 0 Å². The molecule has 0 radical (unpaired) electrons. The summed E-state index contributed by atoms with van der Waals surface area (Å²) in [5, 5.41) is 5.59. The van der Waals surface area contributed by atoms with Crippen LogP contribution in [-0.4, -0.2) is 28.2 Å². The number of rotatable bonds is 5. The van der Waals surface area contributed by atoms with Crippen molar-refractivity contribution in [3.63, 3.8) is 0 Å². The number of hydrogen-bond donors (Lipinski definition) is 2. The van der Waals surface area contributed by atoms with Crippen LogP contribution < -0.4 is 20.1 Å². The van der Waals surface area contributed by atoms with Crippen molar-refractivity contribution in [3.8, 4) is 11.5 Å². The Labute approximate surface area is 155 Å². The molecule has 0 bridgehead atoms. The molecule has 0 fully saturated rings. The lowest BCUT2D eigenvalue weighted by molar-refractivity contribution is -0.119. The molecular formula is C19H18N4O4. The Balaban J connectivity index is 1.55. The normalized spacial score (nSPS) is 12.2. The molecule has 2 N–H and O–H groups in total. The highest BCUT2D eigenvalue weighted by Gasteiger charge is 2.16. The fraction of sp³-hybridized carbons (Fsp3) is 0.211. The predicted octanol–water partition coefficient (Wildman–Crippen LogP) is 2.04. The number of imidazole rings is 1. The van der Waals surface area contributed by atoms with Crippen LogP contribution in [0, 0.1) is 0 Å². The number of fused-ring (bicyclic) bond motifs is 2. The number of hydrogen-bond acceptors (Lipinski definition) is 5. The molecule has 2 heterocycles. The summed E-state index contributed by atoms with van der Waals surface area (Å²) in [7, 11) is 0. The first-order valence-electron chi connectivity index (χ1n) is 8.48. The summed E-state index contributed by atoms with van der Waals surface area (Å²) in [6, 6.07) is 12.8. The van der Waals surface area contributed by atoms with Gasteiger partial charge in [0.2, 0.25) is 18.6 Å². The number of carbonyl (C=O) groups excluding carboxylic acids is 2. The number of amides is 2. The second-order valence-corrected chi connectivity index (χ2v) is 6.13. The second kappa shape index (κ2) is 6.99. The van der Waals surface area contributed by atoms with E-state index in [1.165, 1.54) is 6.92 Å². The quantitative estimate of drug-likeness (QED) is 0.721. The maximum absolute atomic E-state index is 12.6. The molecule has 27 heavy (non-hydrogen) atoms. The molecular weight excluding hydrogens is 348 g/mol. The van der Waals surface area contributed by atoms with Crippen LogP contribution in [0.2, 0.25) is 0 Å². The van der Waals surface area contributed by atoms with E-state index in [0.717, 1.165) is 11.0 Å². The molecule has 0 unspecified atom stereocenters. The molecule has 0 aliphatic carbocycles. The monoisotopic (exact) mass is 366 g/mol. The van der Waals surface area contributed by atoms with E-state index >= 15 is 0 Å². The molecule has 8 nitrogen and oxygen atoms in total. The Morgan fingerprint density at radius 1 is 1.15 bits per heavy atom. The Morgan fingerprint density at radius 3 is 2.81 bits per heavy atom. The molecule has 0 saturated carbocycles. The summed E-state index contributed by atoms with van der Waals surface area (Å²) < 4.78 is 12.4. The van der Waals surface area contributed by atoms with Crippen molar-refractivity contribution in [2.45, 2.75) is 20.0 Å². The van der Waals surface area contributed by atoms with Crippen LogP contribution in [0.25, 0.3) is 11.0 Å². The number of para-hydroxylation sites is 2. The molecule has 1 aromatic heterocycles. The van der Waals surface area contributed by atoms with Gasteiger partial charge in [-0.25, -0.2) is 4.98 Å². The van der Waals surface area contributed by atoms with Crippen LogP contribution in [0.3, 0.4) is 0 Å². The third-order valence-electron chi connectivity index (χ3n) is 4.19. The van der Waals surface area contributed by atoms with E-state index in [0.29, 0.717) is 23.0 Å². The number of ether oxygens (including phenoxy) is 2. The van der Waals surface area contributed by atoms with Gasteiger partial charge in [-0.2, -0.15) is 0 Å². The zero-order valence-electron chi connectivity index (χ0n) is 14.7. The zero-order valence-corrected chi connectivity index (χ0v) is 14.7. The minimum atomic E-state index is -0.207. The van der Waals surface area contributed by atoms with Gasteiger partial charge in [0.1, 0.15) is 12.4 Å². The lowest BCUT2D eigenvalue weighted by Crippen LogP contribution is -2.24. The fourth-order valence-corrected chi connectivity index (χ4v) is 2.96. The summed E-state index contributed by atoms with van der Waals surface area (Å²) in [6.07, 6.45) is 0. The van der Waals surface area contributed by atoms with Gasteiger partial charge in [0.05, 0.1) is 17.6 Å². The number of nitrogens with zero attached hydrogens (tertiary/aromatic N) is 2. The van der Waals surface area contributed by atoms with Gasteiger partial charge in [0, 0.05) is 18.7 Å². The van der Waals surface area contributed by atoms with E-state index in [1.807, 2.05) is 24.3 Å². The van der Waals surface area contributed by atoms with Crippen molar-refractivity contribution in [3.05, 3.63) is 48.3 Å². The lowest BCUT2D eigenvalue weighted by Gasteiger charge is -2.11. The van der Waals surface area contributed by atoms with Crippen LogP contribution in [0.4, 0.5) is 5.69 Å². The largest absolute Gasteiger partial charge is 0.454 e. The lowest BCUT2D eigenvalue weighted by atomic mass is 10.2. The Hall–Kier alpha value is -3.55. The van der Waals surface area contributed by atoms with Gasteiger partial charge >= 0.3 is 0 Å². The predicted molar refractivity (Wildman–Crippen MR) is 98.4 cm³/mol. The molecule has 3 aromatic rings. The number of anilines is 1. The highest BCUT2D eigenvalue weighted by Crippen LogP contribution is 2.34. The molecule has 0 atom stereocenters. The topological polar surface area (TPSA) is 94.5 Å². The maximum atomic E-state index is 12.6. The van der Waals surface area contributed by atoms with Gasteiger partial charge < -0.3 is 24.7 Å². The van der Waals surface area contributed by atoms with Gasteiger partial charge in [-0.1, -0.05) is 12.1 Å². The first kappa shape index (κ1) is 16.9. The maximum Gasteiger partial charge on any atom is 0.244 e. The van der Waals surface area contributed by atoms with E-state index in [-0.39, 0.29) is 31.7 Å². The Morgan fingerprint density at radius 2 is 1.96 bits per heavy atom. The van der Waals surface area contributed by atoms with Gasteiger partial charge in [-0.3, -0.25) is 9.59 Å². The van der Waals surface area contributed by atoms with Crippen LogP contribution in [0.15, 0.2) is 42.5 Å².